The van der Waals surface area contributed by atoms with Crippen LogP contribution in [-0.2, 0) is 9.53 Å². The lowest BCUT2D eigenvalue weighted by Crippen LogP contribution is -2.48. The average molecular weight is 229 g/mol. The van der Waals surface area contributed by atoms with Crippen LogP contribution >= 0.6 is 11.8 Å². The first kappa shape index (κ1) is 11.3. The van der Waals surface area contributed by atoms with Crippen LogP contribution in [0.4, 0.5) is 0 Å². The molecule has 2 fully saturated rings. The summed E-state index contributed by atoms with van der Waals surface area (Å²) in [6.07, 6.45) is 0.630. The molecular formula is C11H19NO2S. The summed E-state index contributed by atoms with van der Waals surface area (Å²) in [5.41, 5.74) is 0. The van der Waals surface area contributed by atoms with Crippen molar-refractivity contribution in [2.45, 2.75) is 13.3 Å². The first-order chi connectivity index (χ1) is 7.31. The van der Waals surface area contributed by atoms with Gasteiger partial charge >= 0.3 is 5.97 Å². The van der Waals surface area contributed by atoms with E-state index >= 15 is 0 Å². The van der Waals surface area contributed by atoms with E-state index in [0.29, 0.717) is 30.8 Å². The fourth-order valence-electron chi connectivity index (χ4n) is 2.62. The predicted octanol–water partition coefficient (Wildman–Crippen LogP) is 1.14. The van der Waals surface area contributed by atoms with Crippen molar-refractivity contribution in [1.29, 1.82) is 0 Å². The number of hydrogen-bond acceptors (Lipinski definition) is 4. The Hall–Kier alpha value is -0.220. The molecule has 0 amide bonds. The Bertz CT molecular complexity index is 213. The number of carbonyl (C=O) groups excluding carboxylic acids is 1. The Morgan fingerprint density at radius 2 is 2.07 bits per heavy atom. The van der Waals surface area contributed by atoms with Crippen LogP contribution in [0.3, 0.4) is 0 Å². The number of fused-ring (bicyclic) bond motifs is 2. The molecule has 0 radical (unpaired) electrons. The summed E-state index contributed by atoms with van der Waals surface area (Å²) in [6, 6.07) is 0. The van der Waals surface area contributed by atoms with Crippen molar-refractivity contribution in [2.24, 2.45) is 17.8 Å². The standard InChI is InChI=1S/C11H19NO2S/c1-2-14-11(13)3-10-8-4-12-5-9(10)7-15-6-8/h8-10,12H,2-7H2,1H3. The Balaban J connectivity index is 1.92. The van der Waals surface area contributed by atoms with Crippen molar-refractivity contribution in [1.82, 2.24) is 5.32 Å². The number of nitrogens with one attached hydrogen (secondary N) is 1. The van der Waals surface area contributed by atoms with Crippen molar-refractivity contribution >= 4 is 17.7 Å². The summed E-state index contributed by atoms with van der Waals surface area (Å²) in [7, 11) is 0. The molecule has 0 aliphatic carbocycles. The summed E-state index contributed by atoms with van der Waals surface area (Å²) in [5, 5.41) is 3.46. The maximum absolute atomic E-state index is 11.5. The Kier molecular flexibility index (Phi) is 3.92. The molecule has 3 nitrogen and oxygen atoms in total. The number of hydrogen-bond donors (Lipinski definition) is 1. The van der Waals surface area contributed by atoms with Crippen molar-refractivity contribution in [2.75, 3.05) is 31.2 Å². The van der Waals surface area contributed by atoms with Crippen molar-refractivity contribution in [3.8, 4) is 0 Å². The number of esters is 1. The molecule has 2 aliphatic heterocycles. The molecule has 4 heteroatoms. The van der Waals surface area contributed by atoms with Crippen LogP contribution in [0, 0.1) is 17.8 Å². The zero-order valence-electron chi connectivity index (χ0n) is 9.20. The van der Waals surface area contributed by atoms with Crippen molar-refractivity contribution in [3.05, 3.63) is 0 Å². The lowest BCUT2D eigenvalue weighted by molar-refractivity contribution is -0.145. The zero-order valence-corrected chi connectivity index (χ0v) is 10.0. The Labute approximate surface area is 95.3 Å². The van der Waals surface area contributed by atoms with Crippen molar-refractivity contribution in [3.63, 3.8) is 0 Å². The van der Waals surface area contributed by atoms with Crippen LogP contribution in [0.1, 0.15) is 13.3 Å². The van der Waals surface area contributed by atoms with E-state index in [0.717, 1.165) is 13.1 Å². The third-order valence-corrected chi connectivity index (χ3v) is 4.72. The van der Waals surface area contributed by atoms with Gasteiger partial charge in [0, 0.05) is 6.42 Å². The van der Waals surface area contributed by atoms with Crippen LogP contribution < -0.4 is 5.32 Å². The van der Waals surface area contributed by atoms with Gasteiger partial charge in [-0.25, -0.2) is 0 Å². The van der Waals surface area contributed by atoms with Gasteiger partial charge in [0.1, 0.15) is 0 Å². The molecule has 0 aromatic rings. The summed E-state index contributed by atoms with van der Waals surface area (Å²) in [6.45, 7) is 4.53. The molecule has 2 aliphatic rings. The maximum Gasteiger partial charge on any atom is 0.306 e. The van der Waals surface area contributed by atoms with Gasteiger partial charge in [0.25, 0.3) is 0 Å². The van der Waals surface area contributed by atoms with Crippen LogP contribution in [-0.4, -0.2) is 37.2 Å². The number of thioether (sulfide) groups is 1. The molecule has 2 atom stereocenters. The monoisotopic (exact) mass is 229 g/mol. The van der Waals surface area contributed by atoms with E-state index in [1.165, 1.54) is 11.5 Å². The molecule has 0 aromatic heterocycles. The van der Waals surface area contributed by atoms with Gasteiger partial charge in [0.2, 0.25) is 0 Å². The Morgan fingerprint density at radius 1 is 1.40 bits per heavy atom. The fourth-order valence-corrected chi connectivity index (χ4v) is 4.09. The highest BCUT2D eigenvalue weighted by atomic mass is 32.2. The molecule has 0 saturated carbocycles. The van der Waals surface area contributed by atoms with Gasteiger partial charge in [-0.3, -0.25) is 4.79 Å². The quantitative estimate of drug-likeness (QED) is 0.737. The van der Waals surface area contributed by atoms with Gasteiger partial charge < -0.3 is 10.1 Å². The van der Waals surface area contributed by atoms with E-state index in [9.17, 15) is 4.79 Å². The molecule has 86 valence electrons. The van der Waals surface area contributed by atoms with Crippen LogP contribution in [0.15, 0.2) is 0 Å². The van der Waals surface area contributed by atoms with E-state index in [1.54, 1.807) is 0 Å². The first-order valence-electron chi connectivity index (χ1n) is 5.75. The predicted molar refractivity (Wildman–Crippen MR) is 61.9 cm³/mol. The fraction of sp³-hybridized carbons (Fsp3) is 0.909. The minimum absolute atomic E-state index is 0.00806. The third kappa shape index (κ3) is 2.67. The number of rotatable bonds is 3. The molecule has 15 heavy (non-hydrogen) atoms. The molecule has 2 rings (SSSR count). The van der Waals surface area contributed by atoms with E-state index < -0.39 is 0 Å². The molecule has 2 unspecified atom stereocenters. The summed E-state index contributed by atoms with van der Waals surface area (Å²) < 4.78 is 5.04. The normalized spacial score (nSPS) is 34.9. The van der Waals surface area contributed by atoms with Gasteiger partial charge in [-0.2, -0.15) is 11.8 Å². The van der Waals surface area contributed by atoms with Gasteiger partial charge in [-0.1, -0.05) is 0 Å². The van der Waals surface area contributed by atoms with Gasteiger partial charge in [-0.15, -0.1) is 0 Å². The summed E-state index contributed by atoms with van der Waals surface area (Å²) in [5.74, 6) is 4.30. The van der Waals surface area contributed by atoms with Gasteiger partial charge in [0.05, 0.1) is 6.61 Å². The molecule has 0 spiro atoms. The molecule has 1 N–H and O–H groups in total. The number of piperidine rings is 1. The molecular weight excluding hydrogens is 210 g/mol. The topological polar surface area (TPSA) is 38.3 Å². The second-order valence-corrected chi connectivity index (χ2v) is 5.46. The molecule has 2 bridgehead atoms. The second kappa shape index (κ2) is 5.21. The smallest absolute Gasteiger partial charge is 0.306 e. The SMILES string of the molecule is CCOC(=O)CC1C2CNCC1CSC2. The summed E-state index contributed by atoms with van der Waals surface area (Å²) in [4.78, 5) is 11.5. The lowest BCUT2D eigenvalue weighted by atomic mass is 9.78. The average Bonchev–Trinajstić information content (AvgIpc) is 2.17. The van der Waals surface area contributed by atoms with Crippen molar-refractivity contribution < 1.29 is 9.53 Å². The van der Waals surface area contributed by atoms with E-state index in [4.69, 9.17) is 4.74 Å². The van der Waals surface area contributed by atoms with E-state index in [-0.39, 0.29) is 5.97 Å². The van der Waals surface area contributed by atoms with Gasteiger partial charge in [0.15, 0.2) is 0 Å². The van der Waals surface area contributed by atoms with Crippen LogP contribution in [0.25, 0.3) is 0 Å². The van der Waals surface area contributed by atoms with Crippen LogP contribution in [0.5, 0.6) is 0 Å². The molecule has 2 heterocycles. The second-order valence-electron chi connectivity index (χ2n) is 4.39. The highest BCUT2D eigenvalue weighted by molar-refractivity contribution is 7.99. The van der Waals surface area contributed by atoms with Gasteiger partial charge in [-0.05, 0) is 49.3 Å². The maximum atomic E-state index is 11.5. The highest BCUT2D eigenvalue weighted by Gasteiger charge is 2.37. The van der Waals surface area contributed by atoms with E-state index in [2.05, 4.69) is 5.32 Å². The third-order valence-electron chi connectivity index (χ3n) is 3.40. The van der Waals surface area contributed by atoms with Crippen LogP contribution in [0.2, 0.25) is 0 Å². The first-order valence-corrected chi connectivity index (χ1v) is 6.90. The molecule has 2 saturated heterocycles. The zero-order chi connectivity index (χ0) is 10.7. The summed E-state index contributed by atoms with van der Waals surface area (Å²) >= 11 is 2.04. The lowest BCUT2D eigenvalue weighted by Gasteiger charge is -2.42. The number of carbonyl (C=O) groups is 1. The minimum Gasteiger partial charge on any atom is -0.466 e. The number of ether oxygens (including phenoxy) is 1. The van der Waals surface area contributed by atoms with E-state index in [1.807, 2.05) is 18.7 Å². The Morgan fingerprint density at radius 3 is 2.67 bits per heavy atom. The minimum atomic E-state index is -0.00806. The largest absolute Gasteiger partial charge is 0.466 e. The molecule has 0 aromatic carbocycles. The highest BCUT2D eigenvalue weighted by Crippen LogP contribution is 2.37.